The molecule has 0 aromatic heterocycles. The normalized spacial score (nSPS) is 10.1. The lowest BCUT2D eigenvalue weighted by atomic mass is 10.3. The van der Waals surface area contributed by atoms with Crippen molar-refractivity contribution in [2.24, 2.45) is 0 Å². The predicted molar refractivity (Wildman–Crippen MR) is 65.8 cm³/mol. The highest BCUT2D eigenvalue weighted by molar-refractivity contribution is 7.98. The van der Waals surface area contributed by atoms with Gasteiger partial charge in [0, 0.05) is 23.1 Å². The molecule has 0 aliphatic rings. The average molecular weight is 255 g/mol. The average Bonchev–Trinajstić information content (AvgIpc) is 2.26. The van der Waals surface area contributed by atoms with Crippen LogP contribution >= 0.6 is 11.9 Å². The van der Waals surface area contributed by atoms with Crippen molar-refractivity contribution in [1.29, 1.82) is 0 Å². The lowest BCUT2D eigenvalue weighted by Crippen LogP contribution is -2.36. The molecule has 0 spiro atoms. The van der Waals surface area contributed by atoms with Crippen LogP contribution in [-0.2, 0) is 0 Å². The van der Waals surface area contributed by atoms with Crippen molar-refractivity contribution in [2.45, 2.75) is 24.8 Å². The van der Waals surface area contributed by atoms with Gasteiger partial charge in [0.05, 0.1) is 4.92 Å². The van der Waals surface area contributed by atoms with Gasteiger partial charge in [-0.05, 0) is 37.9 Å². The van der Waals surface area contributed by atoms with E-state index in [1.54, 1.807) is 12.1 Å². The summed E-state index contributed by atoms with van der Waals surface area (Å²) in [6.45, 7) is 3.71. The Kier molecular flexibility index (Phi) is 4.77. The zero-order valence-electron chi connectivity index (χ0n) is 9.47. The number of nitro groups is 1. The molecule has 0 heterocycles. The number of carbonyl (C=O) groups excluding carboxylic acids is 1. The molecule has 6 nitrogen and oxygen atoms in total. The standard InChI is InChI=1S/C10H13N3O3S/c1-7(2)11-10(14)12-17-9-5-3-8(4-6-9)13(15)16/h3-7H,1-2H3,(H2,11,12,14). The molecule has 0 atom stereocenters. The molecule has 92 valence electrons. The molecule has 2 amide bonds. The third-order valence-electron chi connectivity index (χ3n) is 1.73. The van der Waals surface area contributed by atoms with Gasteiger partial charge in [-0.25, -0.2) is 4.79 Å². The Balaban J connectivity index is 2.47. The lowest BCUT2D eigenvalue weighted by molar-refractivity contribution is -0.384. The number of hydrogen-bond acceptors (Lipinski definition) is 4. The number of amides is 2. The summed E-state index contributed by atoms with van der Waals surface area (Å²) in [4.78, 5) is 21.9. The molecule has 0 bridgehead atoms. The highest BCUT2D eigenvalue weighted by Gasteiger charge is 2.06. The number of carbonyl (C=O) groups is 1. The van der Waals surface area contributed by atoms with E-state index in [1.165, 1.54) is 12.1 Å². The summed E-state index contributed by atoms with van der Waals surface area (Å²) in [7, 11) is 0. The first kappa shape index (κ1) is 13.3. The Morgan fingerprint density at radius 2 is 1.94 bits per heavy atom. The van der Waals surface area contributed by atoms with Crippen LogP contribution in [0.15, 0.2) is 29.2 Å². The predicted octanol–water partition coefficient (Wildman–Crippen LogP) is 2.31. The molecule has 1 rings (SSSR count). The topological polar surface area (TPSA) is 84.3 Å². The molecule has 0 aliphatic heterocycles. The van der Waals surface area contributed by atoms with Gasteiger partial charge in [0.1, 0.15) is 0 Å². The first-order valence-electron chi connectivity index (χ1n) is 4.97. The van der Waals surface area contributed by atoms with Crippen LogP contribution in [0.1, 0.15) is 13.8 Å². The number of non-ortho nitro benzene ring substituents is 1. The zero-order valence-corrected chi connectivity index (χ0v) is 10.3. The number of nitrogens with zero attached hydrogens (tertiary/aromatic N) is 1. The van der Waals surface area contributed by atoms with Gasteiger partial charge < -0.3 is 5.32 Å². The van der Waals surface area contributed by atoms with E-state index in [1.807, 2.05) is 13.8 Å². The van der Waals surface area contributed by atoms with Gasteiger partial charge >= 0.3 is 6.03 Å². The van der Waals surface area contributed by atoms with E-state index >= 15 is 0 Å². The second-order valence-corrected chi connectivity index (χ2v) is 4.46. The molecule has 0 saturated heterocycles. The van der Waals surface area contributed by atoms with Crippen molar-refractivity contribution in [1.82, 2.24) is 10.0 Å². The van der Waals surface area contributed by atoms with Crippen LogP contribution in [-0.4, -0.2) is 17.0 Å². The fraction of sp³-hybridized carbons (Fsp3) is 0.300. The van der Waals surface area contributed by atoms with E-state index in [0.717, 1.165) is 16.8 Å². The van der Waals surface area contributed by atoms with E-state index < -0.39 is 4.92 Å². The highest BCUT2D eigenvalue weighted by atomic mass is 32.2. The number of nitro benzene ring substituents is 1. The van der Waals surface area contributed by atoms with Crippen LogP contribution in [0, 0.1) is 10.1 Å². The van der Waals surface area contributed by atoms with Gasteiger partial charge in [-0.15, -0.1) is 0 Å². The Morgan fingerprint density at radius 3 is 2.41 bits per heavy atom. The van der Waals surface area contributed by atoms with E-state index in [0.29, 0.717) is 0 Å². The third kappa shape index (κ3) is 4.73. The lowest BCUT2D eigenvalue weighted by Gasteiger charge is -2.08. The molecule has 0 radical (unpaired) electrons. The van der Waals surface area contributed by atoms with E-state index in [9.17, 15) is 14.9 Å². The van der Waals surface area contributed by atoms with Crippen molar-refractivity contribution in [3.63, 3.8) is 0 Å². The van der Waals surface area contributed by atoms with Gasteiger partial charge in [0.15, 0.2) is 0 Å². The number of benzene rings is 1. The molecule has 2 N–H and O–H groups in total. The van der Waals surface area contributed by atoms with Gasteiger partial charge in [0.25, 0.3) is 5.69 Å². The number of rotatable bonds is 4. The quantitative estimate of drug-likeness (QED) is 0.491. The Bertz CT molecular complexity index is 406. The van der Waals surface area contributed by atoms with Crippen LogP contribution in [0.4, 0.5) is 10.5 Å². The van der Waals surface area contributed by atoms with Crippen LogP contribution in [0.5, 0.6) is 0 Å². The minimum absolute atomic E-state index is 0.0287. The Hall–Kier alpha value is -1.76. The first-order chi connectivity index (χ1) is 7.99. The van der Waals surface area contributed by atoms with Crippen LogP contribution in [0.2, 0.25) is 0 Å². The monoisotopic (exact) mass is 255 g/mol. The Labute approximate surface area is 103 Å². The maximum Gasteiger partial charge on any atom is 0.325 e. The second kappa shape index (κ2) is 6.09. The molecule has 1 aromatic rings. The third-order valence-corrected chi connectivity index (χ3v) is 2.52. The van der Waals surface area contributed by atoms with E-state index in [-0.39, 0.29) is 17.8 Å². The van der Waals surface area contributed by atoms with Crippen LogP contribution in [0.25, 0.3) is 0 Å². The summed E-state index contributed by atoms with van der Waals surface area (Å²) in [5, 5.41) is 13.1. The van der Waals surface area contributed by atoms with Crippen molar-refractivity contribution < 1.29 is 9.72 Å². The van der Waals surface area contributed by atoms with Crippen molar-refractivity contribution in [3.8, 4) is 0 Å². The van der Waals surface area contributed by atoms with Crippen molar-refractivity contribution >= 4 is 23.7 Å². The number of urea groups is 1. The maximum absolute atomic E-state index is 11.3. The summed E-state index contributed by atoms with van der Waals surface area (Å²) in [5.41, 5.74) is 0.0287. The SMILES string of the molecule is CC(C)NC(=O)NSc1ccc([N+](=O)[O-])cc1. The molecule has 0 unspecified atom stereocenters. The second-order valence-electron chi connectivity index (χ2n) is 3.58. The highest BCUT2D eigenvalue weighted by Crippen LogP contribution is 2.18. The van der Waals surface area contributed by atoms with Crippen molar-refractivity contribution in [2.75, 3.05) is 0 Å². The van der Waals surface area contributed by atoms with E-state index in [2.05, 4.69) is 10.0 Å². The Morgan fingerprint density at radius 1 is 1.35 bits per heavy atom. The fourth-order valence-electron chi connectivity index (χ4n) is 1.03. The maximum atomic E-state index is 11.3. The largest absolute Gasteiger partial charge is 0.335 e. The summed E-state index contributed by atoms with van der Waals surface area (Å²) in [6.07, 6.45) is 0. The molecule has 17 heavy (non-hydrogen) atoms. The molecule has 1 aromatic carbocycles. The minimum Gasteiger partial charge on any atom is -0.335 e. The van der Waals surface area contributed by atoms with Gasteiger partial charge in [-0.1, -0.05) is 0 Å². The number of hydrogen-bond donors (Lipinski definition) is 2. The van der Waals surface area contributed by atoms with Crippen molar-refractivity contribution in [3.05, 3.63) is 34.4 Å². The molecular weight excluding hydrogens is 242 g/mol. The van der Waals surface area contributed by atoms with Gasteiger partial charge in [-0.2, -0.15) is 0 Å². The fourth-order valence-corrected chi connectivity index (χ4v) is 1.57. The summed E-state index contributed by atoms with van der Waals surface area (Å²) in [6, 6.07) is 5.72. The van der Waals surface area contributed by atoms with Crippen LogP contribution < -0.4 is 10.0 Å². The molecule has 7 heteroatoms. The van der Waals surface area contributed by atoms with E-state index in [4.69, 9.17) is 0 Å². The summed E-state index contributed by atoms with van der Waals surface area (Å²) in [5.74, 6) is 0. The van der Waals surface area contributed by atoms with Crippen LogP contribution in [0.3, 0.4) is 0 Å². The van der Waals surface area contributed by atoms with Gasteiger partial charge in [0.2, 0.25) is 0 Å². The van der Waals surface area contributed by atoms with Gasteiger partial charge in [-0.3, -0.25) is 14.8 Å². The molecule has 0 fully saturated rings. The molecule has 0 saturated carbocycles. The first-order valence-corrected chi connectivity index (χ1v) is 5.78. The minimum atomic E-state index is -0.465. The zero-order chi connectivity index (χ0) is 12.8. The smallest absolute Gasteiger partial charge is 0.325 e. The molecule has 0 aliphatic carbocycles. The number of nitrogens with one attached hydrogen (secondary N) is 2. The molecular formula is C10H13N3O3S. The summed E-state index contributed by atoms with van der Waals surface area (Å²) >= 11 is 1.11. The summed E-state index contributed by atoms with van der Waals surface area (Å²) < 4.78 is 2.58.